The SMILES string of the molecule is CCCCCCCCCCCCCCCCCCCCC[C@@H](OC(C)=O)C(=O)N[C@@H](CO[C@@H]1O[C@H](COC(C)=O)[C@@H](O[C@@H]2O[C@H](COC(C)=O)[C@H](OC(C)=O)[C@H](OC(C)=O)[C@H]2OC(C)=O)[C@H](O[C@@H]2O[C@@H](C)[C@@H](OC(C)=O)[C@@H](OC(C)=O)[C@@H]2OC(C)=O)[C@H]1OC(C)=O)[C@H](OC(C)=O)[C@@H](CCCCCCCCCCC(C)C)OC(C)=O. The van der Waals surface area contributed by atoms with E-state index in [1.807, 2.05) is 0 Å². The lowest BCUT2D eigenvalue weighted by atomic mass is 9.95. The first-order valence-corrected chi connectivity index (χ1v) is 41.3. The largest absolute Gasteiger partial charge is 0.463 e. The molecular weight excluding hydrogens is 1490 g/mol. The third-order valence-electron chi connectivity index (χ3n) is 19.3. The first kappa shape index (κ1) is 101. The number of unbranched alkanes of at least 4 members (excludes halogenated alkanes) is 25. The number of nitrogens with one attached hydrogen (secondary N) is 1. The molecule has 32 nitrogen and oxygen atoms in total. The van der Waals surface area contributed by atoms with E-state index in [-0.39, 0.29) is 12.8 Å². The van der Waals surface area contributed by atoms with Gasteiger partial charge < -0.3 is 90.6 Å². The quantitative estimate of drug-likeness (QED) is 0.0336. The summed E-state index contributed by atoms with van der Waals surface area (Å²) in [5.74, 6) is -11.7. The minimum absolute atomic E-state index is 0.0371. The average Bonchev–Trinajstić information content (AvgIpc) is 0.759. The van der Waals surface area contributed by atoms with Crippen LogP contribution in [0.3, 0.4) is 0 Å². The summed E-state index contributed by atoms with van der Waals surface area (Å²) in [4.78, 5) is 173. The average molecular weight is 1630 g/mol. The van der Waals surface area contributed by atoms with Crippen LogP contribution in [-0.2, 0) is 148 Å². The minimum Gasteiger partial charge on any atom is -0.463 e. The molecule has 3 rings (SSSR count). The fraction of sp³-hybridized carbons (Fsp3) is 0.841. The summed E-state index contributed by atoms with van der Waals surface area (Å²) in [5.41, 5.74) is 0. The van der Waals surface area contributed by atoms with E-state index >= 15 is 4.79 Å². The van der Waals surface area contributed by atoms with Crippen molar-refractivity contribution in [2.75, 3.05) is 19.8 Å². The molecule has 0 aliphatic carbocycles. The molecule has 0 spiro atoms. The van der Waals surface area contributed by atoms with Crippen LogP contribution < -0.4 is 5.32 Å². The van der Waals surface area contributed by atoms with Crippen molar-refractivity contribution in [2.24, 2.45) is 5.92 Å². The van der Waals surface area contributed by atoms with Crippen LogP contribution in [0.1, 0.15) is 303 Å². The Hall–Kier alpha value is -7.13. The molecule has 3 saturated heterocycles. The number of hydrogen-bond acceptors (Lipinski definition) is 31. The van der Waals surface area contributed by atoms with Crippen molar-refractivity contribution >= 4 is 77.5 Å². The Morgan fingerprint density at radius 3 is 1.06 bits per heavy atom. The molecule has 3 aliphatic rings. The molecule has 3 aliphatic heterocycles. The van der Waals surface area contributed by atoms with Crippen molar-refractivity contribution < 1.29 is 148 Å². The summed E-state index contributed by atoms with van der Waals surface area (Å²) in [6.07, 6.45) is -2.77. The van der Waals surface area contributed by atoms with E-state index in [0.29, 0.717) is 31.6 Å². The van der Waals surface area contributed by atoms with E-state index < -0.39 is 214 Å². The zero-order chi connectivity index (χ0) is 84.8. The predicted molar refractivity (Wildman–Crippen MR) is 407 cm³/mol. The second-order valence-electron chi connectivity index (χ2n) is 30.3. The third-order valence-corrected chi connectivity index (χ3v) is 19.3. The number of hydrogen-bond donors (Lipinski definition) is 1. The van der Waals surface area contributed by atoms with Crippen LogP contribution in [0.5, 0.6) is 0 Å². The van der Waals surface area contributed by atoms with Gasteiger partial charge in [0.25, 0.3) is 5.91 Å². The molecule has 0 saturated carbocycles. The molecule has 0 aromatic heterocycles. The van der Waals surface area contributed by atoms with Crippen molar-refractivity contribution in [1.82, 2.24) is 5.32 Å². The van der Waals surface area contributed by atoms with E-state index in [0.717, 1.165) is 160 Å². The molecule has 3 fully saturated rings. The van der Waals surface area contributed by atoms with E-state index in [4.69, 9.17) is 85.3 Å². The lowest BCUT2D eigenvalue weighted by molar-refractivity contribution is -0.386. The Labute approximate surface area is 673 Å². The number of esters is 12. The van der Waals surface area contributed by atoms with Gasteiger partial charge in [-0.1, -0.05) is 188 Å². The van der Waals surface area contributed by atoms with Crippen LogP contribution in [0.15, 0.2) is 0 Å². The fourth-order valence-electron chi connectivity index (χ4n) is 14.3. The normalized spacial score (nSPS) is 24.4. The Kier molecular flexibility index (Phi) is 49.9. The maximum atomic E-state index is 15.1. The van der Waals surface area contributed by atoms with Crippen LogP contribution >= 0.6 is 0 Å². The van der Waals surface area contributed by atoms with E-state index in [1.54, 1.807) is 0 Å². The van der Waals surface area contributed by atoms with Crippen molar-refractivity contribution in [3.05, 3.63) is 0 Å². The van der Waals surface area contributed by atoms with Gasteiger partial charge in [0.05, 0.1) is 18.8 Å². The third kappa shape index (κ3) is 41.1. The van der Waals surface area contributed by atoms with Crippen LogP contribution in [0.25, 0.3) is 0 Å². The van der Waals surface area contributed by atoms with Crippen LogP contribution in [0.4, 0.5) is 0 Å². The molecule has 1 amide bonds. The summed E-state index contributed by atoms with van der Waals surface area (Å²) >= 11 is 0. The first-order valence-electron chi connectivity index (χ1n) is 41.3. The van der Waals surface area contributed by atoms with Crippen molar-refractivity contribution in [2.45, 2.75) is 420 Å². The van der Waals surface area contributed by atoms with Gasteiger partial charge in [-0.15, -0.1) is 0 Å². The lowest BCUT2D eigenvalue weighted by Gasteiger charge is -2.50. The number of carbonyl (C=O) groups is 13. The highest BCUT2D eigenvalue weighted by atomic mass is 16.8. The topological polar surface area (TPSA) is 400 Å². The van der Waals surface area contributed by atoms with Crippen molar-refractivity contribution in [3.8, 4) is 0 Å². The zero-order valence-electron chi connectivity index (χ0n) is 70.5. The standard InChI is InChI=1S/C82H135NO31/c1-17-18-19-20-21-22-23-24-25-26-27-28-29-30-31-32-37-40-43-46-66(102-55(8)87)79(96)83-64(70(104-57(10)89)65(101-54(7)86)45-42-39-36-34-33-35-38-41-44-50(2)3)47-99-80-76(108-61(14)93)75(114-81-77(109-62(15)94)73(106-59(12)91)69(51(4)100-81)103-56(9)88)72(68(111-80)49-98-53(6)85)113-82-78(110-63(16)95)74(107-60(13)92)71(105-58(11)90)67(112-82)48-97-52(5)84/h50-51,64-78,80-82H,17-49H2,1-16H3,(H,83,96)/t51-,64-,65+,66+,67+,68+,69+,70-,71-,72+,73+,74-,75-,76+,77-,78+,80+,81-,82-/m0/s1. The highest BCUT2D eigenvalue weighted by molar-refractivity contribution is 5.83. The van der Waals surface area contributed by atoms with E-state index in [9.17, 15) is 57.5 Å². The van der Waals surface area contributed by atoms with Crippen LogP contribution in [0, 0.1) is 5.92 Å². The van der Waals surface area contributed by atoms with Gasteiger partial charge in [-0.3, -0.25) is 62.3 Å². The van der Waals surface area contributed by atoms with E-state index in [1.165, 1.54) is 84.0 Å². The summed E-state index contributed by atoms with van der Waals surface area (Å²) in [5, 5.41) is 2.86. The van der Waals surface area contributed by atoms with Gasteiger partial charge in [-0.05, 0) is 38.5 Å². The first-order chi connectivity index (χ1) is 54.1. The molecule has 0 bridgehead atoms. The second kappa shape index (κ2) is 56.3. The van der Waals surface area contributed by atoms with Gasteiger partial charge in [-0.25, -0.2) is 0 Å². The van der Waals surface area contributed by atoms with Crippen molar-refractivity contribution in [3.63, 3.8) is 0 Å². The Morgan fingerprint density at radius 1 is 0.325 bits per heavy atom. The monoisotopic (exact) mass is 1630 g/mol. The fourth-order valence-corrected chi connectivity index (χ4v) is 14.3. The molecule has 3 heterocycles. The van der Waals surface area contributed by atoms with Crippen molar-refractivity contribution in [1.29, 1.82) is 0 Å². The Balaban J connectivity index is 2.32. The Bertz CT molecular complexity index is 2930. The Morgan fingerprint density at radius 2 is 0.658 bits per heavy atom. The zero-order valence-corrected chi connectivity index (χ0v) is 70.5. The van der Waals surface area contributed by atoms with Gasteiger partial charge in [0.2, 0.25) is 0 Å². The number of rotatable bonds is 56. The van der Waals surface area contributed by atoms with Gasteiger partial charge >= 0.3 is 71.6 Å². The molecular formula is C82H135NO31. The summed E-state index contributed by atoms with van der Waals surface area (Å²) < 4.78 is 109. The molecule has 0 radical (unpaired) electrons. The lowest BCUT2D eigenvalue weighted by Crippen LogP contribution is -2.69. The minimum atomic E-state index is -2.14. The highest BCUT2D eigenvalue weighted by Crippen LogP contribution is 2.39. The summed E-state index contributed by atoms with van der Waals surface area (Å²) in [6.45, 7) is 17.9. The number of ether oxygens (including phenoxy) is 18. The molecule has 654 valence electrons. The van der Waals surface area contributed by atoms with Gasteiger partial charge in [-0.2, -0.15) is 0 Å². The van der Waals surface area contributed by atoms with Crippen LogP contribution in [-0.4, -0.2) is 214 Å². The second-order valence-corrected chi connectivity index (χ2v) is 30.3. The van der Waals surface area contributed by atoms with E-state index in [2.05, 4.69) is 26.1 Å². The summed E-state index contributed by atoms with van der Waals surface area (Å²) in [6, 6.07) is -1.63. The molecule has 1 N–H and O–H groups in total. The van der Waals surface area contributed by atoms with Gasteiger partial charge in [0, 0.05) is 83.1 Å². The van der Waals surface area contributed by atoms with Gasteiger partial charge in [0.15, 0.2) is 73.8 Å². The molecule has 114 heavy (non-hydrogen) atoms. The van der Waals surface area contributed by atoms with Crippen LogP contribution in [0.2, 0.25) is 0 Å². The molecule has 0 aromatic rings. The highest BCUT2D eigenvalue weighted by Gasteiger charge is 2.60. The smallest absolute Gasteiger partial charge is 0.303 e. The van der Waals surface area contributed by atoms with Gasteiger partial charge in [0.1, 0.15) is 43.7 Å². The molecule has 32 heteroatoms. The molecule has 0 unspecified atom stereocenters. The molecule has 0 aromatic carbocycles. The molecule has 19 atom stereocenters. The number of carbonyl (C=O) groups excluding carboxylic acids is 13. The summed E-state index contributed by atoms with van der Waals surface area (Å²) in [7, 11) is 0. The number of amides is 1. The maximum absolute atomic E-state index is 15.1. The maximum Gasteiger partial charge on any atom is 0.303 e. The predicted octanol–water partition coefficient (Wildman–Crippen LogP) is 11.3.